The highest BCUT2D eigenvalue weighted by Gasteiger charge is 2.10. The molecule has 0 fully saturated rings. The SMILES string of the molecule is Cc1cccc(C(=O)Oc2cc(Cl)cc(C=NC(O)C(C)C)c2)c1. The highest BCUT2D eigenvalue weighted by molar-refractivity contribution is 6.31. The van der Waals surface area contributed by atoms with E-state index in [0.29, 0.717) is 21.9 Å². The van der Waals surface area contributed by atoms with Crippen molar-refractivity contribution in [3.05, 3.63) is 64.2 Å². The van der Waals surface area contributed by atoms with Crippen molar-refractivity contribution in [2.75, 3.05) is 0 Å². The number of aryl methyl sites for hydroxylation is 1. The van der Waals surface area contributed by atoms with E-state index in [4.69, 9.17) is 16.3 Å². The molecule has 24 heavy (non-hydrogen) atoms. The Morgan fingerprint density at radius 1 is 1.25 bits per heavy atom. The van der Waals surface area contributed by atoms with Crippen LogP contribution in [0.3, 0.4) is 0 Å². The molecule has 1 atom stereocenters. The van der Waals surface area contributed by atoms with Crippen molar-refractivity contribution < 1.29 is 14.6 Å². The standard InChI is InChI=1S/C19H20ClNO3/c1-12(2)18(22)21-11-14-8-16(20)10-17(9-14)24-19(23)15-6-4-5-13(3)7-15/h4-12,18,22H,1-3H3. The van der Waals surface area contributed by atoms with Crippen LogP contribution in [0.4, 0.5) is 0 Å². The molecule has 4 nitrogen and oxygen atoms in total. The maximum absolute atomic E-state index is 12.2. The molecular formula is C19H20ClNO3. The summed E-state index contributed by atoms with van der Waals surface area (Å²) in [6, 6.07) is 12.1. The lowest BCUT2D eigenvalue weighted by molar-refractivity contribution is 0.0734. The molecule has 1 N–H and O–H groups in total. The van der Waals surface area contributed by atoms with Gasteiger partial charge in [0.05, 0.1) is 5.56 Å². The number of nitrogens with zero attached hydrogens (tertiary/aromatic N) is 1. The average Bonchev–Trinajstić information content (AvgIpc) is 2.52. The Morgan fingerprint density at radius 3 is 2.67 bits per heavy atom. The molecule has 0 saturated heterocycles. The number of benzene rings is 2. The number of aliphatic hydroxyl groups is 1. The van der Waals surface area contributed by atoms with Crippen molar-refractivity contribution in [3.63, 3.8) is 0 Å². The van der Waals surface area contributed by atoms with Crippen LogP contribution < -0.4 is 4.74 Å². The molecule has 0 heterocycles. The third kappa shape index (κ3) is 5.18. The van der Waals surface area contributed by atoms with E-state index >= 15 is 0 Å². The van der Waals surface area contributed by atoms with Crippen molar-refractivity contribution in [2.24, 2.45) is 10.9 Å². The van der Waals surface area contributed by atoms with Gasteiger partial charge in [0.2, 0.25) is 0 Å². The van der Waals surface area contributed by atoms with Gasteiger partial charge in [-0.05, 0) is 48.7 Å². The quantitative estimate of drug-likeness (QED) is 0.500. The molecule has 2 aromatic rings. The predicted octanol–water partition coefficient (Wildman–Crippen LogP) is 4.26. The molecule has 0 aromatic heterocycles. The van der Waals surface area contributed by atoms with Gasteiger partial charge in [0, 0.05) is 11.2 Å². The second-order valence-corrected chi connectivity index (χ2v) is 6.35. The van der Waals surface area contributed by atoms with Gasteiger partial charge in [-0.1, -0.05) is 43.1 Å². The van der Waals surface area contributed by atoms with Crippen molar-refractivity contribution in [1.29, 1.82) is 0 Å². The minimum atomic E-state index is -0.790. The smallest absolute Gasteiger partial charge is 0.343 e. The van der Waals surface area contributed by atoms with Crippen LogP contribution in [0.15, 0.2) is 47.5 Å². The van der Waals surface area contributed by atoms with Crippen molar-refractivity contribution >= 4 is 23.8 Å². The molecule has 2 aromatic carbocycles. The minimum absolute atomic E-state index is 0.0130. The summed E-state index contributed by atoms with van der Waals surface area (Å²) in [7, 11) is 0. The number of hydrogen-bond acceptors (Lipinski definition) is 4. The summed E-state index contributed by atoms with van der Waals surface area (Å²) in [5.74, 6) is -0.111. The summed E-state index contributed by atoms with van der Waals surface area (Å²) < 4.78 is 5.38. The highest BCUT2D eigenvalue weighted by Crippen LogP contribution is 2.21. The summed E-state index contributed by atoms with van der Waals surface area (Å²) in [6.45, 7) is 5.65. The molecule has 0 saturated carbocycles. The molecule has 0 bridgehead atoms. The van der Waals surface area contributed by atoms with Gasteiger partial charge in [-0.25, -0.2) is 4.79 Å². The van der Waals surface area contributed by atoms with E-state index in [1.165, 1.54) is 6.21 Å². The zero-order valence-electron chi connectivity index (χ0n) is 13.9. The Balaban J connectivity index is 2.18. The number of hydrogen-bond donors (Lipinski definition) is 1. The molecular weight excluding hydrogens is 326 g/mol. The number of halogens is 1. The average molecular weight is 346 g/mol. The second kappa shape index (κ2) is 8.08. The number of aliphatic imine (C=N–C) groups is 1. The summed E-state index contributed by atoms with van der Waals surface area (Å²) in [4.78, 5) is 16.3. The van der Waals surface area contributed by atoms with Crippen LogP contribution in [-0.4, -0.2) is 23.5 Å². The van der Waals surface area contributed by atoms with Gasteiger partial charge < -0.3 is 9.84 Å². The Labute approximate surface area is 146 Å². The van der Waals surface area contributed by atoms with Crippen LogP contribution in [0.5, 0.6) is 5.75 Å². The maximum atomic E-state index is 12.2. The normalized spacial score (nSPS) is 12.6. The van der Waals surface area contributed by atoms with Gasteiger partial charge in [0.1, 0.15) is 12.0 Å². The molecule has 0 aliphatic carbocycles. The fourth-order valence-corrected chi connectivity index (χ4v) is 2.22. The first kappa shape index (κ1) is 18.2. The fourth-order valence-electron chi connectivity index (χ4n) is 1.99. The lowest BCUT2D eigenvalue weighted by atomic mass is 10.1. The minimum Gasteiger partial charge on any atom is -0.423 e. The van der Waals surface area contributed by atoms with Crippen LogP contribution in [0.25, 0.3) is 0 Å². The number of carbonyl (C=O) groups is 1. The zero-order valence-corrected chi connectivity index (χ0v) is 14.6. The maximum Gasteiger partial charge on any atom is 0.343 e. The number of carbonyl (C=O) groups excluding carboxylic acids is 1. The Kier molecular flexibility index (Phi) is 6.12. The van der Waals surface area contributed by atoms with Gasteiger partial charge in [-0.3, -0.25) is 4.99 Å². The van der Waals surface area contributed by atoms with E-state index in [-0.39, 0.29) is 5.92 Å². The van der Waals surface area contributed by atoms with E-state index < -0.39 is 12.2 Å². The van der Waals surface area contributed by atoms with E-state index in [2.05, 4.69) is 4.99 Å². The molecule has 0 aliphatic heterocycles. The first-order valence-corrected chi connectivity index (χ1v) is 8.03. The lowest BCUT2D eigenvalue weighted by Gasteiger charge is -2.09. The molecule has 0 spiro atoms. The zero-order chi connectivity index (χ0) is 17.7. The molecule has 0 radical (unpaired) electrons. The third-order valence-electron chi connectivity index (χ3n) is 3.33. The molecule has 0 amide bonds. The summed E-state index contributed by atoms with van der Waals surface area (Å²) in [6.07, 6.45) is 0.725. The first-order chi connectivity index (χ1) is 11.3. The fraction of sp³-hybridized carbons (Fsp3) is 0.263. The van der Waals surface area contributed by atoms with Crippen molar-refractivity contribution in [3.8, 4) is 5.75 Å². The number of aliphatic hydroxyl groups excluding tert-OH is 1. The van der Waals surface area contributed by atoms with Crippen LogP contribution in [0, 0.1) is 12.8 Å². The highest BCUT2D eigenvalue weighted by atomic mass is 35.5. The number of rotatable bonds is 5. The second-order valence-electron chi connectivity index (χ2n) is 5.92. The first-order valence-electron chi connectivity index (χ1n) is 7.66. The summed E-state index contributed by atoms with van der Waals surface area (Å²) in [5, 5.41) is 10.2. The third-order valence-corrected chi connectivity index (χ3v) is 3.55. The van der Waals surface area contributed by atoms with Crippen molar-refractivity contribution in [2.45, 2.75) is 27.0 Å². The number of ether oxygens (including phenoxy) is 1. The van der Waals surface area contributed by atoms with E-state index in [1.807, 2.05) is 26.8 Å². The van der Waals surface area contributed by atoms with Gasteiger partial charge in [0.25, 0.3) is 0 Å². The Bertz CT molecular complexity index is 756. The predicted molar refractivity (Wildman–Crippen MR) is 96.0 cm³/mol. The van der Waals surface area contributed by atoms with E-state index in [9.17, 15) is 9.90 Å². The van der Waals surface area contributed by atoms with Gasteiger partial charge in [0.15, 0.2) is 0 Å². The summed E-state index contributed by atoms with van der Waals surface area (Å²) in [5.41, 5.74) is 2.10. The van der Waals surface area contributed by atoms with Crippen LogP contribution in [-0.2, 0) is 0 Å². The molecule has 1 unspecified atom stereocenters. The largest absolute Gasteiger partial charge is 0.423 e. The van der Waals surface area contributed by atoms with Crippen molar-refractivity contribution in [1.82, 2.24) is 0 Å². The topological polar surface area (TPSA) is 58.9 Å². The molecule has 5 heteroatoms. The molecule has 0 aliphatic rings. The Hall–Kier alpha value is -2.17. The summed E-state index contributed by atoms with van der Waals surface area (Å²) >= 11 is 6.07. The van der Waals surface area contributed by atoms with Gasteiger partial charge in [-0.15, -0.1) is 0 Å². The molecule has 126 valence electrons. The van der Waals surface area contributed by atoms with Crippen LogP contribution >= 0.6 is 11.6 Å². The number of esters is 1. The van der Waals surface area contributed by atoms with Crippen LogP contribution in [0.2, 0.25) is 5.02 Å². The molecule has 2 rings (SSSR count). The van der Waals surface area contributed by atoms with Gasteiger partial charge in [-0.2, -0.15) is 0 Å². The monoisotopic (exact) mass is 345 g/mol. The Morgan fingerprint density at radius 2 is 2.00 bits per heavy atom. The lowest BCUT2D eigenvalue weighted by Crippen LogP contribution is -2.11. The van der Waals surface area contributed by atoms with E-state index in [0.717, 1.165) is 5.56 Å². The van der Waals surface area contributed by atoms with Crippen LogP contribution in [0.1, 0.15) is 35.3 Å². The van der Waals surface area contributed by atoms with Gasteiger partial charge >= 0.3 is 5.97 Å². The van der Waals surface area contributed by atoms with E-state index in [1.54, 1.807) is 36.4 Å².